The summed E-state index contributed by atoms with van der Waals surface area (Å²) in [7, 11) is 0. The summed E-state index contributed by atoms with van der Waals surface area (Å²) >= 11 is 0. The Morgan fingerprint density at radius 3 is 2.58 bits per heavy atom. The molecule has 2 aliphatic rings. The zero-order valence-electron chi connectivity index (χ0n) is 18.0. The lowest BCUT2D eigenvalue weighted by Gasteiger charge is -2.28. The first kappa shape index (κ1) is 21.6. The number of aliphatic hydroxyl groups is 1. The summed E-state index contributed by atoms with van der Waals surface area (Å²) in [4.78, 5) is 14.9. The fourth-order valence-corrected chi connectivity index (χ4v) is 3.99. The maximum absolute atomic E-state index is 12.7. The molecule has 2 aromatic carbocycles. The number of aliphatic hydroxyl groups excluding tert-OH is 1. The van der Waals surface area contributed by atoms with Crippen molar-refractivity contribution >= 4 is 11.0 Å². The number of phenolic OH excluding ortho intramolecular Hbond substituents is 1. The molecule has 3 heterocycles. The zero-order chi connectivity index (χ0) is 22.8. The topological polar surface area (TPSA) is 111 Å². The molecular weight excluding hydrogens is 430 g/mol. The quantitative estimate of drug-likeness (QED) is 0.577. The van der Waals surface area contributed by atoms with E-state index in [0.29, 0.717) is 55.8 Å². The molecule has 0 amide bonds. The van der Waals surface area contributed by atoms with Crippen LogP contribution in [-0.2, 0) is 4.74 Å². The van der Waals surface area contributed by atoms with Crippen LogP contribution in [0.2, 0.25) is 0 Å². The van der Waals surface area contributed by atoms with Gasteiger partial charge in [-0.3, -0.25) is 9.69 Å². The number of hydrogen-bond donors (Lipinski definition) is 2. The summed E-state index contributed by atoms with van der Waals surface area (Å²) in [5.74, 6) is 1.17. The van der Waals surface area contributed by atoms with Gasteiger partial charge >= 0.3 is 0 Å². The number of nitrogens with zero attached hydrogens (tertiary/aromatic N) is 1. The highest BCUT2D eigenvalue weighted by molar-refractivity contribution is 5.89. The molecule has 0 radical (unpaired) electrons. The first-order valence-electron chi connectivity index (χ1n) is 10.9. The van der Waals surface area contributed by atoms with E-state index in [-0.39, 0.29) is 34.5 Å². The van der Waals surface area contributed by atoms with Crippen LogP contribution in [-0.4, -0.2) is 73.9 Å². The largest absolute Gasteiger partial charge is 0.504 e. The lowest BCUT2D eigenvalue weighted by atomic mass is 10.1. The van der Waals surface area contributed by atoms with E-state index in [0.717, 1.165) is 13.1 Å². The average molecular weight is 455 g/mol. The van der Waals surface area contributed by atoms with Crippen molar-refractivity contribution in [2.24, 2.45) is 0 Å². The number of fused-ring (bicyclic) bond motifs is 2. The van der Waals surface area contributed by atoms with Crippen LogP contribution in [0.3, 0.4) is 0 Å². The molecule has 1 aromatic heterocycles. The molecule has 0 saturated carbocycles. The molecule has 0 spiro atoms. The molecule has 9 nitrogen and oxygen atoms in total. The second-order valence-corrected chi connectivity index (χ2v) is 8.00. The number of phenols is 1. The van der Waals surface area contributed by atoms with Crippen LogP contribution in [0.4, 0.5) is 0 Å². The Labute approximate surface area is 189 Å². The monoisotopic (exact) mass is 455 g/mol. The van der Waals surface area contributed by atoms with Gasteiger partial charge in [0.2, 0.25) is 5.75 Å². The van der Waals surface area contributed by atoms with Gasteiger partial charge in [-0.05, 0) is 24.3 Å². The molecule has 0 bridgehead atoms. The summed E-state index contributed by atoms with van der Waals surface area (Å²) in [6.45, 7) is 4.35. The Morgan fingerprint density at radius 1 is 1.03 bits per heavy atom. The van der Waals surface area contributed by atoms with E-state index in [1.807, 2.05) is 0 Å². The molecule has 3 aromatic rings. The molecule has 174 valence electrons. The summed E-state index contributed by atoms with van der Waals surface area (Å²) in [5, 5.41) is 20.8. The molecule has 5 rings (SSSR count). The Kier molecular flexibility index (Phi) is 6.08. The number of ether oxygens (including phenoxy) is 4. The van der Waals surface area contributed by atoms with Crippen molar-refractivity contribution in [3.05, 3.63) is 46.6 Å². The minimum atomic E-state index is -0.605. The molecule has 1 unspecified atom stereocenters. The number of aromatic hydroxyl groups is 1. The van der Waals surface area contributed by atoms with Gasteiger partial charge in [0, 0.05) is 37.3 Å². The zero-order valence-corrected chi connectivity index (χ0v) is 18.0. The summed E-state index contributed by atoms with van der Waals surface area (Å²) in [6.07, 6.45) is -0.605. The normalized spacial score (nSPS) is 17.1. The minimum Gasteiger partial charge on any atom is -0.504 e. The van der Waals surface area contributed by atoms with Gasteiger partial charge < -0.3 is 33.6 Å². The van der Waals surface area contributed by atoms with Gasteiger partial charge in [0.25, 0.3) is 0 Å². The number of hydrogen-bond acceptors (Lipinski definition) is 9. The SMILES string of the molecule is O=c1cc(-c2ccc(OCC(O)CN3CCOCC3)cc2)oc2cc3c(c(O)c12)OCCO3. The lowest BCUT2D eigenvalue weighted by Crippen LogP contribution is -2.42. The number of β-amino-alcohol motifs (C(OH)–C–C–N with tert-alkyl or cyclic N) is 1. The van der Waals surface area contributed by atoms with Crippen molar-refractivity contribution in [1.29, 1.82) is 0 Å². The standard InChI is InChI=1S/C24H25NO8/c26-16(13-25-5-7-29-8-6-25)14-32-17-3-1-15(2-4-17)19-11-18(27)22-20(33-19)12-21-24(23(22)28)31-10-9-30-21/h1-4,11-12,16,26,28H,5-10,13-14H2. The smallest absolute Gasteiger partial charge is 0.204 e. The molecule has 2 N–H and O–H groups in total. The summed E-state index contributed by atoms with van der Waals surface area (Å²) in [5.41, 5.74) is 0.502. The number of rotatable bonds is 6. The third-order valence-electron chi connectivity index (χ3n) is 5.65. The minimum absolute atomic E-state index is 0.0530. The van der Waals surface area contributed by atoms with Gasteiger partial charge in [-0.2, -0.15) is 0 Å². The Morgan fingerprint density at radius 2 is 1.79 bits per heavy atom. The first-order valence-corrected chi connectivity index (χ1v) is 10.9. The van der Waals surface area contributed by atoms with Crippen molar-refractivity contribution < 1.29 is 33.6 Å². The van der Waals surface area contributed by atoms with Gasteiger partial charge in [-0.25, -0.2) is 0 Å². The molecule has 1 atom stereocenters. The third kappa shape index (κ3) is 4.61. The third-order valence-corrected chi connectivity index (χ3v) is 5.65. The van der Waals surface area contributed by atoms with Crippen LogP contribution in [0.1, 0.15) is 0 Å². The summed E-state index contributed by atoms with van der Waals surface area (Å²) in [6, 6.07) is 9.93. The van der Waals surface area contributed by atoms with Crippen molar-refractivity contribution in [2.75, 3.05) is 52.7 Å². The van der Waals surface area contributed by atoms with Gasteiger partial charge in [0.05, 0.1) is 13.2 Å². The van der Waals surface area contributed by atoms with Gasteiger partial charge in [-0.1, -0.05) is 0 Å². The first-order chi connectivity index (χ1) is 16.1. The van der Waals surface area contributed by atoms with Gasteiger partial charge in [0.15, 0.2) is 16.9 Å². The fourth-order valence-electron chi connectivity index (χ4n) is 3.99. The highest BCUT2D eigenvalue weighted by Crippen LogP contribution is 2.43. The Bertz CT molecular complexity index is 1180. The molecule has 2 aliphatic heterocycles. The number of morpholine rings is 1. The average Bonchev–Trinajstić information content (AvgIpc) is 2.83. The van der Waals surface area contributed by atoms with E-state index in [9.17, 15) is 15.0 Å². The van der Waals surface area contributed by atoms with Crippen LogP contribution in [0, 0.1) is 0 Å². The van der Waals surface area contributed by atoms with Gasteiger partial charge in [-0.15, -0.1) is 0 Å². The molecule has 33 heavy (non-hydrogen) atoms. The predicted molar refractivity (Wildman–Crippen MR) is 119 cm³/mol. The maximum atomic E-state index is 12.7. The van der Waals surface area contributed by atoms with Gasteiger partial charge in [0.1, 0.15) is 48.4 Å². The maximum Gasteiger partial charge on any atom is 0.204 e. The highest BCUT2D eigenvalue weighted by Gasteiger charge is 2.23. The molecular formula is C24H25NO8. The van der Waals surface area contributed by atoms with E-state index >= 15 is 0 Å². The second kappa shape index (κ2) is 9.30. The second-order valence-electron chi connectivity index (χ2n) is 8.00. The van der Waals surface area contributed by atoms with E-state index < -0.39 is 6.10 Å². The van der Waals surface area contributed by atoms with Crippen LogP contribution >= 0.6 is 0 Å². The van der Waals surface area contributed by atoms with Crippen LogP contribution < -0.4 is 19.6 Å². The van der Waals surface area contributed by atoms with E-state index in [1.54, 1.807) is 30.3 Å². The molecule has 1 fully saturated rings. The van der Waals surface area contributed by atoms with Crippen molar-refractivity contribution in [3.63, 3.8) is 0 Å². The van der Waals surface area contributed by atoms with Crippen molar-refractivity contribution in [2.45, 2.75) is 6.10 Å². The Balaban J connectivity index is 1.30. The molecule has 9 heteroatoms. The lowest BCUT2D eigenvalue weighted by molar-refractivity contribution is 0.00465. The fraction of sp³-hybridized carbons (Fsp3) is 0.375. The molecule has 1 saturated heterocycles. The van der Waals surface area contributed by atoms with Crippen LogP contribution in [0.5, 0.6) is 23.0 Å². The van der Waals surface area contributed by atoms with Crippen molar-refractivity contribution in [3.8, 4) is 34.3 Å². The van der Waals surface area contributed by atoms with Crippen molar-refractivity contribution in [1.82, 2.24) is 4.90 Å². The molecule has 0 aliphatic carbocycles. The van der Waals surface area contributed by atoms with Crippen LogP contribution in [0.15, 0.2) is 45.6 Å². The van der Waals surface area contributed by atoms with E-state index in [2.05, 4.69) is 4.90 Å². The van der Waals surface area contributed by atoms with E-state index in [4.69, 9.17) is 23.4 Å². The predicted octanol–water partition coefficient (Wildman–Crippen LogP) is 2.01. The summed E-state index contributed by atoms with van der Waals surface area (Å²) < 4.78 is 27.9. The number of benzene rings is 2. The van der Waals surface area contributed by atoms with Crippen LogP contribution in [0.25, 0.3) is 22.3 Å². The van der Waals surface area contributed by atoms with E-state index in [1.165, 1.54) is 6.07 Å². The highest BCUT2D eigenvalue weighted by atomic mass is 16.6. The Hall–Kier alpha value is -3.27.